The molecule has 0 amide bonds. The first-order chi connectivity index (χ1) is 8.46. The average Bonchev–Trinajstić information content (AvgIpc) is 2.99. The quantitative estimate of drug-likeness (QED) is 0.788. The van der Waals surface area contributed by atoms with Gasteiger partial charge in [0.05, 0.1) is 13.2 Å². The van der Waals surface area contributed by atoms with Gasteiger partial charge in [0.25, 0.3) is 0 Å². The van der Waals surface area contributed by atoms with Crippen LogP contribution in [0.1, 0.15) is 22.3 Å². The highest BCUT2D eigenvalue weighted by Crippen LogP contribution is 2.52. The first kappa shape index (κ1) is 13.0. The second-order valence-corrected chi connectivity index (χ2v) is 4.97. The van der Waals surface area contributed by atoms with Gasteiger partial charge in [-0.15, -0.1) is 0 Å². The first-order valence-electron chi connectivity index (χ1n) is 5.09. The third kappa shape index (κ3) is 1.79. The van der Waals surface area contributed by atoms with Crippen molar-refractivity contribution in [3.05, 3.63) is 33.5 Å². The molecule has 2 rings (SSSR count). The van der Waals surface area contributed by atoms with Gasteiger partial charge in [0.15, 0.2) is 0 Å². The van der Waals surface area contributed by atoms with Crippen LogP contribution in [0.5, 0.6) is 0 Å². The molecule has 1 aliphatic carbocycles. The van der Waals surface area contributed by atoms with Gasteiger partial charge >= 0.3 is 5.97 Å². The van der Waals surface area contributed by atoms with E-state index in [9.17, 15) is 13.6 Å². The minimum Gasteiger partial charge on any atom is -0.465 e. The first-order valence-corrected chi connectivity index (χ1v) is 5.88. The number of nitrogens with zero attached hydrogens (tertiary/aromatic N) is 1. The van der Waals surface area contributed by atoms with Crippen molar-refractivity contribution in [3.63, 3.8) is 0 Å². The van der Waals surface area contributed by atoms with E-state index in [0.717, 1.165) is 13.2 Å². The molecule has 1 aliphatic rings. The van der Waals surface area contributed by atoms with E-state index in [1.165, 1.54) is 6.07 Å². The molecule has 94 valence electrons. The summed E-state index contributed by atoms with van der Waals surface area (Å²) in [6.45, 7) is 0. The lowest BCUT2D eigenvalue weighted by Gasteiger charge is -2.13. The van der Waals surface area contributed by atoms with Gasteiger partial charge in [-0.3, -0.25) is 0 Å². The Morgan fingerprint density at radius 3 is 2.72 bits per heavy atom. The zero-order valence-electron chi connectivity index (χ0n) is 9.34. The second kappa shape index (κ2) is 4.32. The summed E-state index contributed by atoms with van der Waals surface area (Å²) in [7, 11) is 1.10. The molecule has 0 radical (unpaired) electrons. The molecule has 0 bridgehead atoms. The van der Waals surface area contributed by atoms with E-state index in [1.807, 2.05) is 6.07 Å². The van der Waals surface area contributed by atoms with Crippen LogP contribution in [-0.2, 0) is 10.2 Å². The maximum Gasteiger partial charge on any atom is 0.341 e. The third-order valence-corrected chi connectivity index (χ3v) is 3.46. The van der Waals surface area contributed by atoms with Crippen LogP contribution in [0, 0.1) is 17.1 Å². The van der Waals surface area contributed by atoms with E-state index in [0.29, 0.717) is 4.47 Å². The zero-order chi connectivity index (χ0) is 13.5. The van der Waals surface area contributed by atoms with Crippen LogP contribution < -0.4 is 0 Å². The predicted octanol–water partition coefficient (Wildman–Crippen LogP) is 2.88. The van der Waals surface area contributed by atoms with Gasteiger partial charge in [0, 0.05) is 10.9 Å². The van der Waals surface area contributed by atoms with Crippen molar-refractivity contribution in [1.29, 1.82) is 5.26 Å². The molecule has 1 aromatic carbocycles. The molecule has 1 aromatic rings. The summed E-state index contributed by atoms with van der Waals surface area (Å²) < 4.78 is 32.0. The minimum absolute atomic E-state index is 0.0382. The van der Waals surface area contributed by atoms with Gasteiger partial charge in [0.2, 0.25) is 0 Å². The van der Waals surface area contributed by atoms with E-state index < -0.39 is 23.4 Å². The highest BCUT2D eigenvalue weighted by Gasteiger charge is 2.59. The van der Waals surface area contributed by atoms with Crippen LogP contribution in [0.15, 0.2) is 16.6 Å². The molecule has 0 saturated heterocycles. The number of hydrogen-bond donors (Lipinski definition) is 0. The van der Waals surface area contributed by atoms with Gasteiger partial charge in [-0.1, -0.05) is 15.9 Å². The molecular formula is C12H8BrF2NO2. The van der Waals surface area contributed by atoms with Crippen molar-refractivity contribution < 1.29 is 18.3 Å². The lowest BCUT2D eigenvalue weighted by Crippen LogP contribution is -2.17. The largest absolute Gasteiger partial charge is 0.465 e. The summed E-state index contributed by atoms with van der Waals surface area (Å²) >= 11 is 3.06. The van der Waals surface area contributed by atoms with Crippen LogP contribution in [0.4, 0.5) is 8.78 Å². The number of halogens is 3. The van der Waals surface area contributed by atoms with Crippen molar-refractivity contribution in [1.82, 2.24) is 0 Å². The van der Waals surface area contributed by atoms with Crippen LogP contribution in [0.2, 0.25) is 0 Å². The Labute approximate surface area is 110 Å². The van der Waals surface area contributed by atoms with E-state index >= 15 is 0 Å². The molecule has 6 heteroatoms. The molecule has 2 unspecified atom stereocenters. The van der Waals surface area contributed by atoms with Gasteiger partial charge in [-0.25, -0.2) is 13.6 Å². The summed E-state index contributed by atoms with van der Waals surface area (Å²) in [4.78, 5) is 11.6. The van der Waals surface area contributed by atoms with E-state index in [4.69, 9.17) is 5.26 Å². The molecular weight excluding hydrogens is 308 g/mol. The van der Waals surface area contributed by atoms with Crippen molar-refractivity contribution >= 4 is 21.9 Å². The Hall–Kier alpha value is -1.48. The fourth-order valence-corrected chi connectivity index (χ4v) is 2.34. The average molecular weight is 316 g/mol. The summed E-state index contributed by atoms with van der Waals surface area (Å²) in [6, 6.07) is 4.29. The summed E-state index contributed by atoms with van der Waals surface area (Å²) in [5.74, 6) is -1.75. The van der Waals surface area contributed by atoms with Gasteiger partial charge in [-0.05, 0) is 17.7 Å². The molecule has 0 spiro atoms. The van der Waals surface area contributed by atoms with Crippen molar-refractivity contribution in [2.45, 2.75) is 18.0 Å². The molecule has 1 saturated carbocycles. The number of carbonyl (C=O) groups excluding carboxylic acids is 1. The van der Waals surface area contributed by atoms with Gasteiger partial charge in [-0.2, -0.15) is 5.26 Å². The third-order valence-electron chi connectivity index (χ3n) is 3.00. The number of alkyl halides is 1. The highest BCUT2D eigenvalue weighted by molar-refractivity contribution is 9.10. The van der Waals surface area contributed by atoms with E-state index in [1.54, 1.807) is 0 Å². The maximum atomic E-state index is 13.8. The smallest absolute Gasteiger partial charge is 0.341 e. The standard InChI is InChI=1S/C12H8BrF2NO2/c1-18-11(17)10-7(2-6(13)3-8(10)14)12(5-16)4-9(12)15/h2-3,9H,4H2,1H3. The molecule has 0 heterocycles. The number of esters is 1. The number of ether oxygens (including phenoxy) is 1. The predicted molar refractivity (Wildman–Crippen MR) is 62.2 cm³/mol. The number of methoxy groups -OCH3 is 1. The summed E-state index contributed by atoms with van der Waals surface area (Å²) in [6.07, 6.45) is -1.43. The number of benzene rings is 1. The Bertz CT molecular complexity index is 570. The molecule has 2 atom stereocenters. The lowest BCUT2D eigenvalue weighted by molar-refractivity contribution is 0.0593. The topological polar surface area (TPSA) is 50.1 Å². The number of carbonyl (C=O) groups is 1. The van der Waals surface area contributed by atoms with E-state index in [2.05, 4.69) is 20.7 Å². The lowest BCUT2D eigenvalue weighted by atomic mass is 9.92. The SMILES string of the molecule is COC(=O)c1c(F)cc(Br)cc1C1(C#N)CC1F. The minimum atomic E-state index is -1.44. The van der Waals surface area contributed by atoms with Crippen molar-refractivity contribution in [2.75, 3.05) is 7.11 Å². The van der Waals surface area contributed by atoms with Crippen LogP contribution in [-0.4, -0.2) is 19.3 Å². The zero-order valence-corrected chi connectivity index (χ0v) is 10.9. The van der Waals surface area contributed by atoms with Crippen molar-refractivity contribution in [3.8, 4) is 6.07 Å². The molecule has 1 fully saturated rings. The van der Waals surface area contributed by atoms with Gasteiger partial charge in [0.1, 0.15) is 23.0 Å². The Morgan fingerprint density at radius 1 is 1.67 bits per heavy atom. The maximum absolute atomic E-state index is 13.8. The van der Waals surface area contributed by atoms with Gasteiger partial charge < -0.3 is 4.74 Å². The highest BCUT2D eigenvalue weighted by atomic mass is 79.9. The van der Waals surface area contributed by atoms with Crippen LogP contribution in [0.25, 0.3) is 0 Å². The van der Waals surface area contributed by atoms with Crippen LogP contribution >= 0.6 is 15.9 Å². The monoisotopic (exact) mass is 315 g/mol. The summed E-state index contributed by atoms with van der Waals surface area (Å²) in [5.41, 5.74) is -1.77. The van der Waals surface area contributed by atoms with Crippen molar-refractivity contribution in [2.24, 2.45) is 0 Å². The fraction of sp³-hybridized carbons (Fsp3) is 0.333. The normalized spacial score (nSPS) is 25.4. The molecule has 0 N–H and O–H groups in total. The number of hydrogen-bond acceptors (Lipinski definition) is 3. The number of nitriles is 1. The second-order valence-electron chi connectivity index (χ2n) is 4.06. The Balaban J connectivity index is 2.67. The Kier molecular flexibility index (Phi) is 3.11. The van der Waals surface area contributed by atoms with Crippen LogP contribution in [0.3, 0.4) is 0 Å². The number of rotatable bonds is 2. The fourth-order valence-electron chi connectivity index (χ4n) is 1.91. The Morgan fingerprint density at radius 2 is 2.28 bits per heavy atom. The molecule has 0 aliphatic heterocycles. The molecule has 0 aromatic heterocycles. The summed E-state index contributed by atoms with van der Waals surface area (Å²) in [5, 5.41) is 9.06. The molecule has 18 heavy (non-hydrogen) atoms. The van der Waals surface area contributed by atoms with E-state index in [-0.39, 0.29) is 17.5 Å². The molecule has 3 nitrogen and oxygen atoms in total.